The van der Waals surface area contributed by atoms with Crippen molar-refractivity contribution in [2.24, 2.45) is 11.5 Å². The Bertz CT molecular complexity index is 581. The Hall–Kier alpha value is -1.38. The molecule has 2 atom stereocenters. The third-order valence-corrected chi connectivity index (χ3v) is 4.95. The van der Waals surface area contributed by atoms with Gasteiger partial charge in [0.15, 0.2) is 0 Å². The Labute approximate surface area is 135 Å². The van der Waals surface area contributed by atoms with E-state index in [1.807, 2.05) is 6.08 Å². The monoisotopic (exact) mass is 298 g/mol. The third kappa shape index (κ3) is 3.50. The van der Waals surface area contributed by atoms with Crippen molar-refractivity contribution < 1.29 is 0 Å². The zero-order valence-corrected chi connectivity index (χ0v) is 14.4. The van der Waals surface area contributed by atoms with Crippen LogP contribution in [0.15, 0.2) is 36.4 Å². The summed E-state index contributed by atoms with van der Waals surface area (Å²) in [5.41, 5.74) is 16.9. The molecule has 4 N–H and O–H groups in total. The molecule has 1 aliphatic rings. The van der Waals surface area contributed by atoms with Crippen LogP contribution in [-0.4, -0.2) is 5.66 Å². The second-order valence-corrected chi connectivity index (χ2v) is 6.74. The van der Waals surface area contributed by atoms with Crippen molar-refractivity contribution in [2.45, 2.75) is 64.5 Å². The minimum absolute atomic E-state index is 0.553. The topological polar surface area (TPSA) is 52.0 Å². The van der Waals surface area contributed by atoms with Gasteiger partial charge >= 0.3 is 0 Å². The van der Waals surface area contributed by atoms with Crippen molar-refractivity contribution in [3.8, 4) is 0 Å². The first-order valence-electron chi connectivity index (χ1n) is 8.50. The van der Waals surface area contributed by atoms with Gasteiger partial charge in [-0.25, -0.2) is 0 Å². The number of nitrogens with two attached hydrogens (primary N) is 2. The SMILES string of the molecule is CCC(C)c1cccc(C2=CCC(N)(N)C=C2)c1C(C)CC. The van der Waals surface area contributed by atoms with Gasteiger partial charge in [0, 0.05) is 6.42 Å². The van der Waals surface area contributed by atoms with Crippen LogP contribution < -0.4 is 11.5 Å². The van der Waals surface area contributed by atoms with Gasteiger partial charge in [-0.1, -0.05) is 58.0 Å². The van der Waals surface area contributed by atoms with Gasteiger partial charge in [-0.15, -0.1) is 0 Å². The first kappa shape index (κ1) is 17.0. The molecule has 0 heterocycles. The van der Waals surface area contributed by atoms with Crippen LogP contribution in [0.2, 0.25) is 0 Å². The molecule has 1 aromatic carbocycles. The fourth-order valence-corrected chi connectivity index (χ4v) is 3.11. The van der Waals surface area contributed by atoms with Crippen molar-refractivity contribution in [3.05, 3.63) is 53.1 Å². The zero-order valence-electron chi connectivity index (χ0n) is 14.4. The van der Waals surface area contributed by atoms with Gasteiger partial charge in [-0.3, -0.25) is 0 Å². The summed E-state index contributed by atoms with van der Waals surface area (Å²) in [6, 6.07) is 6.72. The molecule has 120 valence electrons. The van der Waals surface area contributed by atoms with Crippen molar-refractivity contribution in [3.63, 3.8) is 0 Å². The van der Waals surface area contributed by atoms with E-state index >= 15 is 0 Å². The molecule has 2 heteroatoms. The first-order valence-corrected chi connectivity index (χ1v) is 8.50. The molecule has 0 radical (unpaired) electrons. The van der Waals surface area contributed by atoms with Crippen molar-refractivity contribution in [1.82, 2.24) is 0 Å². The molecule has 0 fully saturated rings. The van der Waals surface area contributed by atoms with E-state index in [0.29, 0.717) is 18.3 Å². The zero-order chi connectivity index (χ0) is 16.3. The van der Waals surface area contributed by atoms with Gasteiger partial charge in [0.2, 0.25) is 0 Å². The molecule has 0 spiro atoms. The normalized spacial score (nSPS) is 19.6. The smallest absolute Gasteiger partial charge is 0.0867 e. The number of benzene rings is 1. The lowest BCUT2D eigenvalue weighted by molar-refractivity contribution is 0.558. The van der Waals surface area contributed by atoms with Crippen molar-refractivity contribution >= 4 is 5.57 Å². The number of allylic oxidation sites excluding steroid dienone is 2. The quantitative estimate of drug-likeness (QED) is 0.776. The van der Waals surface area contributed by atoms with E-state index in [2.05, 4.69) is 58.0 Å². The minimum Gasteiger partial charge on any atom is -0.310 e. The second kappa shape index (κ2) is 6.80. The van der Waals surface area contributed by atoms with Crippen molar-refractivity contribution in [2.75, 3.05) is 0 Å². The Balaban J connectivity index is 2.52. The summed E-state index contributed by atoms with van der Waals surface area (Å²) in [5, 5.41) is 0. The van der Waals surface area contributed by atoms with E-state index in [4.69, 9.17) is 11.5 Å². The van der Waals surface area contributed by atoms with Crippen LogP contribution >= 0.6 is 0 Å². The standard InChI is InChI=1S/C20H30N2/c1-5-14(3)17-8-7-9-18(19(17)15(4)6-2)16-10-12-20(21,22)13-11-16/h7-12,14-15H,5-6,13,21-22H2,1-4H3. The van der Waals surface area contributed by atoms with Crippen LogP contribution in [0, 0.1) is 0 Å². The largest absolute Gasteiger partial charge is 0.310 e. The van der Waals surface area contributed by atoms with Crippen LogP contribution in [-0.2, 0) is 0 Å². The van der Waals surface area contributed by atoms with Crippen LogP contribution in [0.25, 0.3) is 5.57 Å². The van der Waals surface area contributed by atoms with E-state index < -0.39 is 5.66 Å². The predicted octanol–water partition coefficient (Wildman–Crippen LogP) is 4.67. The lowest BCUT2D eigenvalue weighted by Crippen LogP contribution is -2.47. The molecule has 2 nitrogen and oxygen atoms in total. The molecule has 0 bridgehead atoms. The first-order chi connectivity index (χ1) is 10.4. The van der Waals surface area contributed by atoms with Crippen LogP contribution in [0.4, 0.5) is 0 Å². The summed E-state index contributed by atoms with van der Waals surface area (Å²) >= 11 is 0. The summed E-state index contributed by atoms with van der Waals surface area (Å²) in [6.45, 7) is 9.17. The Kier molecular flexibility index (Phi) is 5.25. The number of rotatable bonds is 5. The van der Waals surface area contributed by atoms with Crippen molar-refractivity contribution in [1.29, 1.82) is 0 Å². The predicted molar refractivity (Wildman–Crippen MR) is 96.7 cm³/mol. The highest BCUT2D eigenvalue weighted by Crippen LogP contribution is 2.37. The molecule has 2 rings (SSSR count). The minimum atomic E-state index is -0.700. The Morgan fingerprint density at radius 3 is 2.32 bits per heavy atom. The number of hydrogen-bond donors (Lipinski definition) is 2. The van der Waals surface area contributed by atoms with Gasteiger partial charge in [-0.05, 0) is 53.0 Å². The molecule has 0 amide bonds. The fraction of sp³-hybridized carbons (Fsp3) is 0.500. The lowest BCUT2D eigenvalue weighted by Gasteiger charge is -2.27. The fourth-order valence-electron chi connectivity index (χ4n) is 3.11. The molecule has 22 heavy (non-hydrogen) atoms. The van der Waals surface area contributed by atoms with E-state index in [0.717, 1.165) is 12.8 Å². The highest BCUT2D eigenvalue weighted by molar-refractivity contribution is 5.78. The van der Waals surface area contributed by atoms with E-state index in [9.17, 15) is 0 Å². The molecule has 2 unspecified atom stereocenters. The van der Waals surface area contributed by atoms with Gasteiger partial charge in [0.25, 0.3) is 0 Å². The summed E-state index contributed by atoms with van der Waals surface area (Å²) in [4.78, 5) is 0. The molecule has 0 aliphatic heterocycles. The summed E-state index contributed by atoms with van der Waals surface area (Å²) in [6.07, 6.45) is 9.20. The maximum atomic E-state index is 5.99. The van der Waals surface area contributed by atoms with Gasteiger partial charge in [0.05, 0.1) is 5.66 Å². The Morgan fingerprint density at radius 2 is 1.77 bits per heavy atom. The van der Waals surface area contributed by atoms with Gasteiger partial charge < -0.3 is 11.5 Å². The van der Waals surface area contributed by atoms with Gasteiger partial charge in [-0.2, -0.15) is 0 Å². The molecule has 1 aliphatic carbocycles. The number of hydrogen-bond acceptors (Lipinski definition) is 2. The summed E-state index contributed by atoms with van der Waals surface area (Å²) < 4.78 is 0. The maximum absolute atomic E-state index is 5.99. The summed E-state index contributed by atoms with van der Waals surface area (Å²) in [5.74, 6) is 1.14. The second-order valence-electron chi connectivity index (χ2n) is 6.74. The Morgan fingerprint density at radius 1 is 1.09 bits per heavy atom. The molecule has 0 saturated heterocycles. The average Bonchev–Trinajstić information content (AvgIpc) is 2.52. The molecule has 0 aromatic heterocycles. The highest BCUT2D eigenvalue weighted by Gasteiger charge is 2.22. The van der Waals surface area contributed by atoms with E-state index in [1.54, 1.807) is 0 Å². The molecule has 0 saturated carbocycles. The maximum Gasteiger partial charge on any atom is 0.0867 e. The molecular weight excluding hydrogens is 268 g/mol. The highest BCUT2D eigenvalue weighted by atomic mass is 14.9. The third-order valence-electron chi connectivity index (χ3n) is 4.95. The average molecular weight is 298 g/mol. The van der Waals surface area contributed by atoms with Crippen LogP contribution in [0.3, 0.4) is 0 Å². The van der Waals surface area contributed by atoms with Gasteiger partial charge in [0.1, 0.15) is 0 Å². The van der Waals surface area contributed by atoms with Crippen LogP contribution in [0.1, 0.15) is 75.5 Å². The molecular formula is C20H30N2. The van der Waals surface area contributed by atoms with E-state index in [1.165, 1.54) is 22.3 Å². The van der Waals surface area contributed by atoms with E-state index in [-0.39, 0.29) is 0 Å². The van der Waals surface area contributed by atoms with Crippen LogP contribution in [0.5, 0.6) is 0 Å². The summed E-state index contributed by atoms with van der Waals surface area (Å²) in [7, 11) is 0. The lowest BCUT2D eigenvalue weighted by atomic mass is 9.80. The molecule has 1 aromatic rings.